The van der Waals surface area contributed by atoms with E-state index in [1.165, 1.54) is 5.01 Å². The number of anilines is 2. The molecule has 0 spiro atoms. The predicted octanol–water partition coefficient (Wildman–Crippen LogP) is 3.39. The van der Waals surface area contributed by atoms with Gasteiger partial charge in [0.05, 0.1) is 24.4 Å². The van der Waals surface area contributed by atoms with E-state index in [1.54, 1.807) is 6.92 Å². The third-order valence-electron chi connectivity index (χ3n) is 3.13. The molecule has 0 atom stereocenters. The summed E-state index contributed by atoms with van der Waals surface area (Å²) in [4.78, 5) is 24.0. The molecule has 0 radical (unpaired) electrons. The van der Waals surface area contributed by atoms with Crippen LogP contribution in [0.4, 0.5) is 11.4 Å². The number of esters is 1. The molecule has 5 heteroatoms. The lowest BCUT2D eigenvalue weighted by atomic mass is 10.2. The number of ether oxygens (including phenoxy) is 1. The van der Waals surface area contributed by atoms with Crippen LogP contribution in [0, 0.1) is 0 Å². The summed E-state index contributed by atoms with van der Waals surface area (Å²) in [7, 11) is 0. The van der Waals surface area contributed by atoms with E-state index in [0.717, 1.165) is 5.69 Å². The molecule has 0 aliphatic heterocycles. The molecule has 0 saturated heterocycles. The maximum absolute atomic E-state index is 12.5. The zero-order valence-electron chi connectivity index (χ0n) is 13.1. The zero-order chi connectivity index (χ0) is 16.5. The summed E-state index contributed by atoms with van der Waals surface area (Å²) < 4.78 is 4.87. The minimum atomic E-state index is -0.367. The second-order valence-corrected chi connectivity index (χ2v) is 4.85. The Morgan fingerprint density at radius 3 is 2.17 bits per heavy atom. The van der Waals surface area contributed by atoms with Crippen LogP contribution in [0.1, 0.15) is 19.8 Å². The number of carbonyl (C=O) groups is 2. The van der Waals surface area contributed by atoms with Gasteiger partial charge in [0.2, 0.25) is 5.91 Å². The number of nitrogens with zero attached hydrogens (tertiary/aromatic N) is 1. The first-order valence-corrected chi connectivity index (χ1v) is 7.56. The third-order valence-corrected chi connectivity index (χ3v) is 3.13. The molecule has 23 heavy (non-hydrogen) atoms. The molecule has 0 aliphatic rings. The smallest absolute Gasteiger partial charge is 0.306 e. The van der Waals surface area contributed by atoms with E-state index in [1.807, 2.05) is 60.7 Å². The number of hydrazine groups is 1. The van der Waals surface area contributed by atoms with Gasteiger partial charge in [0.15, 0.2) is 0 Å². The summed E-state index contributed by atoms with van der Waals surface area (Å²) in [5, 5.41) is 1.45. The van der Waals surface area contributed by atoms with Crippen molar-refractivity contribution in [3.8, 4) is 0 Å². The summed E-state index contributed by atoms with van der Waals surface area (Å²) in [6, 6.07) is 18.7. The fourth-order valence-corrected chi connectivity index (χ4v) is 2.04. The van der Waals surface area contributed by atoms with E-state index in [2.05, 4.69) is 5.43 Å². The minimum absolute atomic E-state index is 0.0620. The highest BCUT2D eigenvalue weighted by molar-refractivity contribution is 5.96. The van der Waals surface area contributed by atoms with Crippen molar-refractivity contribution in [2.45, 2.75) is 19.8 Å². The average Bonchev–Trinajstić information content (AvgIpc) is 2.59. The molecule has 0 aromatic heterocycles. The van der Waals surface area contributed by atoms with Gasteiger partial charge in [-0.1, -0.05) is 36.4 Å². The molecule has 1 N–H and O–H groups in total. The van der Waals surface area contributed by atoms with Crippen LogP contribution < -0.4 is 10.4 Å². The third kappa shape index (κ3) is 5.14. The van der Waals surface area contributed by atoms with Gasteiger partial charge >= 0.3 is 5.97 Å². The Morgan fingerprint density at radius 2 is 1.57 bits per heavy atom. The Hall–Kier alpha value is -2.82. The molecule has 0 aliphatic carbocycles. The van der Waals surface area contributed by atoms with Crippen LogP contribution in [0.2, 0.25) is 0 Å². The normalized spacial score (nSPS) is 9.96. The van der Waals surface area contributed by atoms with Crippen LogP contribution in [0.15, 0.2) is 60.7 Å². The van der Waals surface area contributed by atoms with Gasteiger partial charge in [0.1, 0.15) is 0 Å². The fourth-order valence-electron chi connectivity index (χ4n) is 2.04. The highest BCUT2D eigenvalue weighted by Gasteiger charge is 2.17. The quantitative estimate of drug-likeness (QED) is 0.629. The van der Waals surface area contributed by atoms with Gasteiger partial charge in [-0.3, -0.25) is 15.0 Å². The molecule has 0 heterocycles. The summed E-state index contributed by atoms with van der Waals surface area (Å²) in [6.45, 7) is 2.06. The molecular formula is C18H20N2O3. The lowest BCUT2D eigenvalue weighted by molar-refractivity contribution is -0.144. The second kappa shape index (κ2) is 8.58. The first-order chi connectivity index (χ1) is 11.2. The number of nitrogens with one attached hydrogen (secondary N) is 1. The van der Waals surface area contributed by atoms with Crippen molar-refractivity contribution >= 4 is 23.3 Å². The maximum atomic E-state index is 12.5. The predicted molar refractivity (Wildman–Crippen MR) is 89.9 cm³/mol. The SMILES string of the molecule is CCOC(=O)CCC(=O)N(Nc1ccccc1)c1ccccc1. The van der Waals surface area contributed by atoms with Crippen molar-refractivity contribution in [2.75, 3.05) is 17.0 Å². The van der Waals surface area contributed by atoms with E-state index >= 15 is 0 Å². The molecule has 1 amide bonds. The van der Waals surface area contributed by atoms with Crippen molar-refractivity contribution in [3.05, 3.63) is 60.7 Å². The number of benzene rings is 2. The summed E-state index contributed by atoms with van der Waals surface area (Å²) >= 11 is 0. The number of para-hydroxylation sites is 2. The molecule has 2 rings (SSSR count). The number of carbonyl (C=O) groups excluding carboxylic acids is 2. The Morgan fingerprint density at radius 1 is 0.957 bits per heavy atom. The Bertz CT molecular complexity index is 629. The number of amides is 1. The van der Waals surface area contributed by atoms with Gasteiger partial charge in [0, 0.05) is 6.42 Å². The monoisotopic (exact) mass is 312 g/mol. The summed E-state index contributed by atoms with van der Waals surface area (Å²) in [5.41, 5.74) is 4.59. The van der Waals surface area contributed by atoms with Crippen LogP contribution >= 0.6 is 0 Å². The molecular weight excluding hydrogens is 292 g/mol. The molecule has 120 valence electrons. The average molecular weight is 312 g/mol. The van der Waals surface area contributed by atoms with Crippen LogP contribution in [-0.2, 0) is 14.3 Å². The van der Waals surface area contributed by atoms with E-state index in [9.17, 15) is 9.59 Å². The molecule has 0 fully saturated rings. The van der Waals surface area contributed by atoms with Crippen LogP contribution in [0.5, 0.6) is 0 Å². The Balaban J connectivity index is 2.10. The number of rotatable bonds is 7. The molecule has 0 unspecified atom stereocenters. The minimum Gasteiger partial charge on any atom is -0.466 e. The van der Waals surface area contributed by atoms with E-state index in [4.69, 9.17) is 4.74 Å². The molecule has 0 saturated carbocycles. The second-order valence-electron chi connectivity index (χ2n) is 4.85. The van der Waals surface area contributed by atoms with Crippen LogP contribution in [0.25, 0.3) is 0 Å². The highest BCUT2D eigenvalue weighted by atomic mass is 16.5. The van der Waals surface area contributed by atoms with Crippen molar-refractivity contribution in [3.63, 3.8) is 0 Å². The van der Waals surface area contributed by atoms with Crippen LogP contribution in [-0.4, -0.2) is 18.5 Å². The van der Waals surface area contributed by atoms with E-state index in [-0.39, 0.29) is 24.7 Å². The van der Waals surface area contributed by atoms with Gasteiger partial charge in [-0.05, 0) is 31.2 Å². The van der Waals surface area contributed by atoms with Crippen molar-refractivity contribution < 1.29 is 14.3 Å². The fraction of sp³-hybridized carbons (Fsp3) is 0.222. The summed E-state index contributed by atoms with van der Waals surface area (Å²) in [5.74, 6) is -0.568. The highest BCUT2D eigenvalue weighted by Crippen LogP contribution is 2.17. The van der Waals surface area contributed by atoms with Gasteiger partial charge in [-0.15, -0.1) is 0 Å². The largest absolute Gasteiger partial charge is 0.466 e. The standard InChI is InChI=1S/C18H20N2O3/c1-2-23-18(22)14-13-17(21)20(16-11-7-4-8-12-16)19-15-9-5-3-6-10-15/h3-12,19H,2,13-14H2,1H3. The molecule has 2 aromatic rings. The number of hydrogen-bond donors (Lipinski definition) is 1. The Labute approximate surface area is 135 Å². The maximum Gasteiger partial charge on any atom is 0.306 e. The van der Waals surface area contributed by atoms with Gasteiger partial charge in [-0.25, -0.2) is 5.01 Å². The van der Waals surface area contributed by atoms with Gasteiger partial charge in [-0.2, -0.15) is 0 Å². The molecule has 5 nitrogen and oxygen atoms in total. The Kier molecular flexibility index (Phi) is 6.17. The van der Waals surface area contributed by atoms with Crippen LogP contribution in [0.3, 0.4) is 0 Å². The van der Waals surface area contributed by atoms with Crippen molar-refractivity contribution in [1.29, 1.82) is 0 Å². The van der Waals surface area contributed by atoms with Gasteiger partial charge in [0.25, 0.3) is 0 Å². The van der Waals surface area contributed by atoms with E-state index in [0.29, 0.717) is 12.3 Å². The first kappa shape index (κ1) is 16.5. The number of hydrogen-bond acceptors (Lipinski definition) is 4. The van der Waals surface area contributed by atoms with Gasteiger partial charge < -0.3 is 4.74 Å². The lowest BCUT2D eigenvalue weighted by Gasteiger charge is -2.24. The van der Waals surface area contributed by atoms with Crippen molar-refractivity contribution in [1.82, 2.24) is 0 Å². The molecule has 0 bridgehead atoms. The molecule has 2 aromatic carbocycles. The van der Waals surface area contributed by atoms with E-state index < -0.39 is 0 Å². The summed E-state index contributed by atoms with van der Waals surface area (Å²) in [6.07, 6.45) is 0.139. The van der Waals surface area contributed by atoms with Crippen molar-refractivity contribution in [2.24, 2.45) is 0 Å². The first-order valence-electron chi connectivity index (χ1n) is 7.56. The topological polar surface area (TPSA) is 58.6 Å². The zero-order valence-corrected chi connectivity index (χ0v) is 13.1. The lowest BCUT2D eigenvalue weighted by Crippen LogP contribution is -2.36.